The second-order valence-electron chi connectivity index (χ2n) is 3.95. The van der Waals surface area contributed by atoms with E-state index in [-0.39, 0.29) is 0 Å². The Hall–Kier alpha value is -0.830. The van der Waals surface area contributed by atoms with Crippen LogP contribution >= 0.6 is 0 Å². The van der Waals surface area contributed by atoms with Crippen LogP contribution in [0.5, 0.6) is 0 Å². The zero-order valence-electron chi connectivity index (χ0n) is 8.33. The molecule has 1 aromatic heterocycles. The van der Waals surface area contributed by atoms with Crippen molar-refractivity contribution in [2.75, 3.05) is 7.05 Å². The Morgan fingerprint density at radius 1 is 1.69 bits per heavy atom. The van der Waals surface area contributed by atoms with Crippen molar-refractivity contribution in [1.82, 2.24) is 15.1 Å². The van der Waals surface area contributed by atoms with E-state index in [0.717, 1.165) is 12.5 Å². The summed E-state index contributed by atoms with van der Waals surface area (Å²) in [5, 5.41) is 7.55. The maximum Gasteiger partial charge on any atom is 0.0537 e. The third-order valence-electron chi connectivity index (χ3n) is 2.73. The lowest BCUT2D eigenvalue weighted by Gasteiger charge is -2.05. The normalized spacial score (nSPS) is 18.9. The first-order valence-corrected chi connectivity index (χ1v) is 4.99. The van der Waals surface area contributed by atoms with Crippen LogP contribution in [0, 0.1) is 5.92 Å². The Morgan fingerprint density at radius 2 is 2.46 bits per heavy atom. The van der Waals surface area contributed by atoms with E-state index < -0.39 is 0 Å². The SMILES string of the molecule is CNC(C)c1cnn(CC2CC2)c1. The quantitative estimate of drug-likeness (QED) is 0.760. The second kappa shape index (κ2) is 3.50. The molecule has 3 nitrogen and oxygen atoms in total. The predicted molar refractivity (Wildman–Crippen MR) is 52.4 cm³/mol. The standard InChI is InChI=1S/C10H17N3/c1-8(11-2)10-5-12-13(7-10)6-9-3-4-9/h5,7-9,11H,3-4,6H2,1-2H3. The van der Waals surface area contributed by atoms with Gasteiger partial charge in [-0.3, -0.25) is 4.68 Å². The Kier molecular flexibility index (Phi) is 2.36. The number of aromatic nitrogens is 2. The van der Waals surface area contributed by atoms with E-state index in [0.29, 0.717) is 6.04 Å². The fourth-order valence-electron chi connectivity index (χ4n) is 1.43. The van der Waals surface area contributed by atoms with Gasteiger partial charge < -0.3 is 5.32 Å². The van der Waals surface area contributed by atoms with Gasteiger partial charge in [-0.15, -0.1) is 0 Å². The highest BCUT2D eigenvalue weighted by molar-refractivity contribution is 5.08. The Balaban J connectivity index is 1.99. The summed E-state index contributed by atoms with van der Waals surface area (Å²) in [7, 11) is 1.98. The molecule has 2 rings (SSSR count). The first-order valence-electron chi connectivity index (χ1n) is 4.99. The lowest BCUT2D eigenvalue weighted by Crippen LogP contribution is -2.11. The molecule has 0 radical (unpaired) electrons. The molecule has 0 bridgehead atoms. The molecule has 1 N–H and O–H groups in total. The van der Waals surface area contributed by atoms with Gasteiger partial charge in [-0.1, -0.05) is 0 Å². The summed E-state index contributed by atoms with van der Waals surface area (Å²) in [5.74, 6) is 0.901. The third-order valence-corrected chi connectivity index (χ3v) is 2.73. The van der Waals surface area contributed by atoms with Crippen molar-refractivity contribution < 1.29 is 0 Å². The molecule has 0 amide bonds. The minimum absolute atomic E-state index is 0.410. The summed E-state index contributed by atoms with van der Waals surface area (Å²) in [6, 6.07) is 0.410. The maximum atomic E-state index is 4.34. The first kappa shape index (κ1) is 8.75. The van der Waals surface area contributed by atoms with E-state index >= 15 is 0 Å². The molecular weight excluding hydrogens is 162 g/mol. The summed E-state index contributed by atoms with van der Waals surface area (Å²) in [6.07, 6.45) is 6.89. The van der Waals surface area contributed by atoms with Crippen LogP contribution in [0.1, 0.15) is 31.4 Å². The number of rotatable bonds is 4. The molecule has 1 unspecified atom stereocenters. The number of nitrogens with zero attached hydrogens (tertiary/aromatic N) is 2. The summed E-state index contributed by atoms with van der Waals surface area (Å²) < 4.78 is 2.07. The van der Waals surface area contributed by atoms with Crippen molar-refractivity contribution >= 4 is 0 Å². The van der Waals surface area contributed by atoms with Gasteiger partial charge in [-0.25, -0.2) is 0 Å². The zero-order valence-corrected chi connectivity index (χ0v) is 8.33. The number of hydrogen-bond donors (Lipinski definition) is 1. The molecule has 1 saturated carbocycles. The van der Waals surface area contributed by atoms with Crippen molar-refractivity contribution in [2.45, 2.75) is 32.4 Å². The van der Waals surface area contributed by atoms with E-state index in [1.54, 1.807) is 0 Å². The highest BCUT2D eigenvalue weighted by atomic mass is 15.3. The lowest BCUT2D eigenvalue weighted by atomic mass is 10.2. The van der Waals surface area contributed by atoms with Crippen LogP contribution in [0.15, 0.2) is 12.4 Å². The van der Waals surface area contributed by atoms with Gasteiger partial charge in [-0.2, -0.15) is 5.10 Å². The highest BCUT2D eigenvalue weighted by Gasteiger charge is 2.22. The fraction of sp³-hybridized carbons (Fsp3) is 0.700. The van der Waals surface area contributed by atoms with E-state index in [2.05, 4.69) is 28.2 Å². The van der Waals surface area contributed by atoms with Gasteiger partial charge >= 0.3 is 0 Å². The zero-order chi connectivity index (χ0) is 9.26. The molecule has 1 aliphatic rings. The summed E-state index contributed by atoms with van der Waals surface area (Å²) in [5.41, 5.74) is 1.28. The van der Waals surface area contributed by atoms with Crippen molar-refractivity contribution in [1.29, 1.82) is 0 Å². The van der Waals surface area contributed by atoms with Crippen LogP contribution in [-0.4, -0.2) is 16.8 Å². The molecule has 0 aromatic carbocycles. The molecule has 72 valence electrons. The molecule has 0 aliphatic heterocycles. The average Bonchev–Trinajstić information content (AvgIpc) is 2.81. The van der Waals surface area contributed by atoms with Gasteiger partial charge in [0.1, 0.15) is 0 Å². The van der Waals surface area contributed by atoms with E-state index in [9.17, 15) is 0 Å². The molecule has 1 fully saturated rings. The van der Waals surface area contributed by atoms with Gasteiger partial charge in [0.15, 0.2) is 0 Å². The van der Waals surface area contributed by atoms with Gasteiger partial charge in [0.2, 0.25) is 0 Å². The Labute approximate surface area is 79.1 Å². The number of nitrogens with one attached hydrogen (secondary N) is 1. The molecule has 1 aliphatic carbocycles. The minimum atomic E-state index is 0.410. The average molecular weight is 179 g/mol. The van der Waals surface area contributed by atoms with Crippen LogP contribution in [0.2, 0.25) is 0 Å². The Bertz CT molecular complexity index is 275. The van der Waals surface area contributed by atoms with E-state index in [1.807, 2.05) is 13.2 Å². The fourth-order valence-corrected chi connectivity index (χ4v) is 1.43. The summed E-state index contributed by atoms with van der Waals surface area (Å²) in [4.78, 5) is 0. The van der Waals surface area contributed by atoms with E-state index in [1.165, 1.54) is 18.4 Å². The topological polar surface area (TPSA) is 29.9 Å². The van der Waals surface area contributed by atoms with Gasteiger partial charge in [0, 0.05) is 24.3 Å². The van der Waals surface area contributed by atoms with Crippen LogP contribution < -0.4 is 5.32 Å². The minimum Gasteiger partial charge on any atom is -0.313 e. The van der Waals surface area contributed by atoms with Crippen molar-refractivity contribution in [3.63, 3.8) is 0 Å². The van der Waals surface area contributed by atoms with Crippen molar-refractivity contribution in [3.05, 3.63) is 18.0 Å². The lowest BCUT2D eigenvalue weighted by molar-refractivity contribution is 0.561. The predicted octanol–water partition coefficient (Wildman–Crippen LogP) is 1.57. The molecule has 0 spiro atoms. The smallest absolute Gasteiger partial charge is 0.0537 e. The van der Waals surface area contributed by atoms with E-state index in [4.69, 9.17) is 0 Å². The van der Waals surface area contributed by atoms with Crippen LogP contribution in [0.25, 0.3) is 0 Å². The molecule has 3 heteroatoms. The van der Waals surface area contributed by atoms with Crippen molar-refractivity contribution in [3.8, 4) is 0 Å². The number of hydrogen-bond acceptors (Lipinski definition) is 2. The summed E-state index contributed by atoms with van der Waals surface area (Å²) >= 11 is 0. The first-order chi connectivity index (χ1) is 6.29. The van der Waals surface area contributed by atoms with Gasteiger partial charge in [0.25, 0.3) is 0 Å². The van der Waals surface area contributed by atoms with Gasteiger partial charge in [-0.05, 0) is 32.7 Å². The largest absolute Gasteiger partial charge is 0.313 e. The maximum absolute atomic E-state index is 4.34. The highest BCUT2D eigenvalue weighted by Crippen LogP contribution is 2.30. The Morgan fingerprint density at radius 3 is 3.08 bits per heavy atom. The molecule has 1 atom stereocenters. The second-order valence-corrected chi connectivity index (χ2v) is 3.95. The molecule has 1 aromatic rings. The molecule has 0 saturated heterocycles. The third kappa shape index (κ3) is 2.10. The molecule has 13 heavy (non-hydrogen) atoms. The molecule has 1 heterocycles. The van der Waals surface area contributed by atoms with Crippen LogP contribution in [0.3, 0.4) is 0 Å². The monoisotopic (exact) mass is 179 g/mol. The van der Waals surface area contributed by atoms with Gasteiger partial charge in [0.05, 0.1) is 6.20 Å². The van der Waals surface area contributed by atoms with Crippen molar-refractivity contribution in [2.24, 2.45) is 5.92 Å². The van der Waals surface area contributed by atoms with Crippen LogP contribution in [-0.2, 0) is 6.54 Å². The summed E-state index contributed by atoms with van der Waals surface area (Å²) in [6.45, 7) is 3.26. The molecular formula is C10H17N3. The van der Waals surface area contributed by atoms with Crippen LogP contribution in [0.4, 0.5) is 0 Å².